The van der Waals surface area contributed by atoms with Gasteiger partial charge in [0.1, 0.15) is 0 Å². The summed E-state index contributed by atoms with van der Waals surface area (Å²) in [6.45, 7) is 0. The number of anilines is 3. The monoisotopic (exact) mass is 903 g/mol. The Kier molecular flexibility index (Phi) is 9.53. The van der Waals surface area contributed by atoms with Gasteiger partial charge in [0.25, 0.3) is 0 Å². The predicted octanol–water partition coefficient (Wildman–Crippen LogP) is 18.7. The van der Waals surface area contributed by atoms with Crippen molar-refractivity contribution >= 4 is 82.2 Å². The molecule has 71 heavy (non-hydrogen) atoms. The van der Waals surface area contributed by atoms with E-state index in [-0.39, 0.29) is 0 Å². The van der Waals surface area contributed by atoms with Crippen LogP contribution in [0.3, 0.4) is 0 Å². The molecule has 2 aromatic heterocycles. The van der Waals surface area contributed by atoms with E-state index in [1.807, 2.05) is 0 Å². The van der Waals surface area contributed by atoms with Crippen molar-refractivity contribution in [1.29, 1.82) is 0 Å². The third kappa shape index (κ3) is 6.82. The van der Waals surface area contributed by atoms with E-state index in [0.29, 0.717) is 0 Å². The summed E-state index contributed by atoms with van der Waals surface area (Å²) in [5.74, 6) is 0. The minimum absolute atomic E-state index is 1.09. The molecule has 0 saturated carbocycles. The summed E-state index contributed by atoms with van der Waals surface area (Å²) in [4.78, 5) is 2.40. The van der Waals surface area contributed by atoms with E-state index in [1.165, 1.54) is 76.4 Å². The van der Waals surface area contributed by atoms with Crippen LogP contribution in [0, 0.1) is 0 Å². The second kappa shape index (κ2) is 16.7. The Labute approximate surface area is 412 Å². The van der Waals surface area contributed by atoms with Crippen LogP contribution in [0.5, 0.6) is 0 Å². The van der Waals surface area contributed by atoms with Crippen LogP contribution >= 0.6 is 0 Å². The highest BCUT2D eigenvalue weighted by Crippen LogP contribution is 2.43. The molecule has 3 nitrogen and oxygen atoms in total. The Morgan fingerprint density at radius 3 is 1.48 bits per heavy atom. The number of hydrogen-bond donors (Lipinski definition) is 0. The lowest BCUT2D eigenvalue weighted by Gasteiger charge is -2.27. The zero-order valence-electron chi connectivity index (χ0n) is 38.8. The smallest absolute Gasteiger partial charge is 0.0547 e. The standard InChI is InChI=1S/C68H45N3/c1-3-23-54(24-4-1)69(63-34-16-20-46-18-7-9-28-57(46)63)56-27-15-22-48(43-56)51-40-52(49-37-39-67-62(44-49)60-31-12-13-32-65(60)70(67)55-25-5-2-6-26-55)42-53(41-51)50-36-38-61-59-30-11-14-33-66(59)71(68(61)45-50)64-35-17-21-47-19-8-10-29-58(47)64/h1-45H. The largest absolute Gasteiger partial charge is 0.310 e. The molecule has 332 valence electrons. The van der Waals surface area contributed by atoms with Crippen LogP contribution in [0.25, 0.3) is 110 Å². The van der Waals surface area contributed by atoms with Gasteiger partial charge >= 0.3 is 0 Å². The molecule has 0 fully saturated rings. The summed E-state index contributed by atoms with van der Waals surface area (Å²) in [7, 11) is 0. The zero-order valence-corrected chi connectivity index (χ0v) is 38.8. The van der Waals surface area contributed by atoms with Crippen molar-refractivity contribution in [3.63, 3.8) is 0 Å². The maximum Gasteiger partial charge on any atom is 0.0547 e. The lowest BCUT2D eigenvalue weighted by atomic mass is 9.92. The van der Waals surface area contributed by atoms with Crippen LogP contribution in [0.4, 0.5) is 17.1 Å². The Hall–Kier alpha value is -9.44. The van der Waals surface area contributed by atoms with Crippen LogP contribution in [-0.4, -0.2) is 9.13 Å². The average molecular weight is 904 g/mol. The molecule has 0 aliphatic carbocycles. The summed E-state index contributed by atoms with van der Waals surface area (Å²) in [6, 6.07) is 100.0. The molecule has 14 aromatic rings. The molecule has 2 heterocycles. The fourth-order valence-electron chi connectivity index (χ4n) is 11.2. The van der Waals surface area contributed by atoms with Gasteiger partial charge in [-0.1, -0.05) is 176 Å². The van der Waals surface area contributed by atoms with Gasteiger partial charge in [0.05, 0.1) is 33.4 Å². The lowest BCUT2D eigenvalue weighted by molar-refractivity contribution is 1.18. The van der Waals surface area contributed by atoms with Crippen LogP contribution in [0.15, 0.2) is 273 Å². The highest BCUT2D eigenvalue weighted by atomic mass is 15.1. The van der Waals surface area contributed by atoms with Crippen molar-refractivity contribution in [3.8, 4) is 44.8 Å². The van der Waals surface area contributed by atoms with Crippen LogP contribution in [0.2, 0.25) is 0 Å². The predicted molar refractivity (Wildman–Crippen MR) is 301 cm³/mol. The third-order valence-electron chi connectivity index (χ3n) is 14.4. The molecule has 0 amide bonds. The van der Waals surface area contributed by atoms with E-state index in [9.17, 15) is 0 Å². The Morgan fingerprint density at radius 2 is 0.732 bits per heavy atom. The zero-order chi connectivity index (χ0) is 46.8. The molecular weight excluding hydrogens is 859 g/mol. The average Bonchev–Trinajstić information content (AvgIpc) is 3.96. The van der Waals surface area contributed by atoms with Crippen molar-refractivity contribution in [1.82, 2.24) is 9.13 Å². The SMILES string of the molecule is c1ccc(N(c2cccc(-c3cc(-c4ccc5c(c4)c4ccccc4n5-c4ccccc4)cc(-c4ccc5c6ccccc6n(-c6cccc7ccccc67)c5c4)c3)c2)c2cccc3ccccc23)cc1. The van der Waals surface area contributed by atoms with Crippen molar-refractivity contribution in [2.75, 3.05) is 4.90 Å². The number of benzene rings is 12. The van der Waals surface area contributed by atoms with Gasteiger partial charge in [0, 0.05) is 49.4 Å². The number of para-hydroxylation sites is 4. The number of fused-ring (bicyclic) bond motifs is 8. The normalized spacial score (nSPS) is 11.7. The molecule has 0 bridgehead atoms. The van der Waals surface area contributed by atoms with E-state index >= 15 is 0 Å². The first-order valence-electron chi connectivity index (χ1n) is 24.4. The fourth-order valence-corrected chi connectivity index (χ4v) is 11.2. The van der Waals surface area contributed by atoms with Gasteiger partial charge < -0.3 is 14.0 Å². The Morgan fingerprint density at radius 1 is 0.239 bits per heavy atom. The van der Waals surface area contributed by atoms with E-state index in [2.05, 4.69) is 287 Å². The van der Waals surface area contributed by atoms with E-state index < -0.39 is 0 Å². The van der Waals surface area contributed by atoms with Gasteiger partial charge in [-0.25, -0.2) is 0 Å². The van der Waals surface area contributed by atoms with Gasteiger partial charge in [-0.3, -0.25) is 0 Å². The third-order valence-corrected chi connectivity index (χ3v) is 14.4. The molecule has 0 spiro atoms. The number of nitrogens with zero attached hydrogens (tertiary/aromatic N) is 3. The minimum Gasteiger partial charge on any atom is -0.310 e. The molecule has 14 rings (SSSR count). The topological polar surface area (TPSA) is 13.1 Å². The summed E-state index contributed by atoms with van der Waals surface area (Å²) >= 11 is 0. The highest BCUT2D eigenvalue weighted by molar-refractivity contribution is 6.13. The minimum atomic E-state index is 1.09. The molecule has 3 heteroatoms. The number of aromatic nitrogens is 2. The van der Waals surface area contributed by atoms with Crippen molar-refractivity contribution in [3.05, 3.63) is 273 Å². The molecule has 0 radical (unpaired) electrons. The van der Waals surface area contributed by atoms with Crippen molar-refractivity contribution in [2.24, 2.45) is 0 Å². The molecule has 0 atom stereocenters. The highest BCUT2D eigenvalue weighted by Gasteiger charge is 2.20. The van der Waals surface area contributed by atoms with E-state index in [4.69, 9.17) is 0 Å². The van der Waals surface area contributed by atoms with Crippen molar-refractivity contribution < 1.29 is 0 Å². The second-order valence-corrected chi connectivity index (χ2v) is 18.5. The molecule has 0 aliphatic heterocycles. The Bertz CT molecular complexity index is 4340. The fraction of sp³-hybridized carbons (Fsp3) is 0. The number of hydrogen-bond acceptors (Lipinski definition) is 1. The van der Waals surface area contributed by atoms with Gasteiger partial charge in [-0.15, -0.1) is 0 Å². The summed E-state index contributed by atoms with van der Waals surface area (Å²) in [5, 5.41) is 9.80. The molecule has 0 unspecified atom stereocenters. The van der Waals surface area contributed by atoms with Gasteiger partial charge in [-0.05, 0) is 141 Å². The summed E-state index contributed by atoms with van der Waals surface area (Å²) < 4.78 is 4.85. The maximum absolute atomic E-state index is 2.46. The van der Waals surface area contributed by atoms with Gasteiger partial charge in [-0.2, -0.15) is 0 Å². The van der Waals surface area contributed by atoms with Crippen LogP contribution in [-0.2, 0) is 0 Å². The molecular formula is C68H45N3. The molecule has 12 aromatic carbocycles. The van der Waals surface area contributed by atoms with Crippen LogP contribution < -0.4 is 4.90 Å². The van der Waals surface area contributed by atoms with E-state index in [0.717, 1.165) is 50.6 Å². The first-order chi connectivity index (χ1) is 35.2. The molecule has 0 saturated heterocycles. The van der Waals surface area contributed by atoms with Crippen molar-refractivity contribution in [2.45, 2.75) is 0 Å². The summed E-state index contributed by atoms with van der Waals surface area (Å²) in [5.41, 5.74) is 17.3. The van der Waals surface area contributed by atoms with Crippen LogP contribution in [0.1, 0.15) is 0 Å². The lowest BCUT2D eigenvalue weighted by Crippen LogP contribution is -2.10. The first-order valence-corrected chi connectivity index (χ1v) is 24.4. The second-order valence-electron chi connectivity index (χ2n) is 18.5. The quantitative estimate of drug-likeness (QED) is 0.148. The molecule has 0 N–H and O–H groups in total. The first kappa shape index (κ1) is 40.6. The maximum atomic E-state index is 2.46. The van der Waals surface area contributed by atoms with E-state index in [1.54, 1.807) is 0 Å². The van der Waals surface area contributed by atoms with Gasteiger partial charge in [0.2, 0.25) is 0 Å². The Balaban J connectivity index is 0.994. The molecule has 0 aliphatic rings. The number of rotatable bonds is 8. The van der Waals surface area contributed by atoms with Gasteiger partial charge in [0.15, 0.2) is 0 Å². The summed E-state index contributed by atoms with van der Waals surface area (Å²) in [6.07, 6.45) is 0.